The molecule has 7 nitrogen and oxygen atoms in total. The number of esters is 1. The first-order chi connectivity index (χ1) is 14.8. The molecule has 1 heterocycles. The quantitative estimate of drug-likeness (QED) is 0.546. The van der Waals surface area contributed by atoms with Crippen LogP contribution in [-0.2, 0) is 25.5 Å². The van der Waals surface area contributed by atoms with Gasteiger partial charge in [-0.05, 0) is 42.5 Å². The standard InChI is InChI=1S/C24H26N2O5/c1-4-15(2)18-10-7-8-12-20(18)25-23(29)16(3)31-22(28)14-26-21(27)13-17-9-5-6-11-19(17)24(26)30/h5-12,15-16H,4,13-14H2,1-3H3,(H,25,29)/t15-,16-/m1/s1. The number of amides is 3. The number of benzene rings is 2. The molecule has 1 aliphatic heterocycles. The summed E-state index contributed by atoms with van der Waals surface area (Å²) in [6, 6.07) is 14.3. The number of hydrogen-bond acceptors (Lipinski definition) is 5. The summed E-state index contributed by atoms with van der Waals surface area (Å²) in [4.78, 5) is 50.7. The minimum atomic E-state index is -1.08. The molecular weight excluding hydrogens is 396 g/mol. The van der Waals surface area contributed by atoms with Gasteiger partial charge >= 0.3 is 5.97 Å². The summed E-state index contributed by atoms with van der Waals surface area (Å²) >= 11 is 0. The molecule has 3 rings (SSSR count). The van der Waals surface area contributed by atoms with E-state index in [1.54, 1.807) is 30.3 Å². The van der Waals surface area contributed by atoms with E-state index in [2.05, 4.69) is 19.2 Å². The highest BCUT2D eigenvalue weighted by Crippen LogP contribution is 2.26. The SMILES string of the molecule is CC[C@@H](C)c1ccccc1NC(=O)[C@@H](C)OC(=O)CN1C(=O)Cc2ccccc2C1=O. The van der Waals surface area contributed by atoms with Gasteiger partial charge in [-0.1, -0.05) is 50.2 Å². The van der Waals surface area contributed by atoms with Crippen molar-refractivity contribution >= 4 is 29.4 Å². The molecule has 31 heavy (non-hydrogen) atoms. The first-order valence-corrected chi connectivity index (χ1v) is 10.3. The maximum absolute atomic E-state index is 12.6. The van der Waals surface area contributed by atoms with Crippen LogP contribution in [0.5, 0.6) is 0 Å². The molecule has 2 aromatic rings. The Morgan fingerprint density at radius 3 is 2.48 bits per heavy atom. The van der Waals surface area contributed by atoms with E-state index < -0.39 is 36.3 Å². The maximum Gasteiger partial charge on any atom is 0.326 e. The Morgan fingerprint density at radius 2 is 1.74 bits per heavy atom. The number of nitrogens with one attached hydrogen (secondary N) is 1. The summed E-state index contributed by atoms with van der Waals surface area (Å²) in [6.07, 6.45) is -0.129. The van der Waals surface area contributed by atoms with E-state index in [9.17, 15) is 19.2 Å². The van der Waals surface area contributed by atoms with Gasteiger partial charge in [0, 0.05) is 11.3 Å². The number of carbonyl (C=O) groups excluding carboxylic acids is 4. The monoisotopic (exact) mass is 422 g/mol. The number of ether oxygens (including phenoxy) is 1. The molecule has 7 heteroatoms. The first kappa shape index (κ1) is 22.2. The zero-order chi connectivity index (χ0) is 22.5. The summed E-state index contributed by atoms with van der Waals surface area (Å²) < 4.78 is 5.20. The summed E-state index contributed by atoms with van der Waals surface area (Å²) in [6.45, 7) is 5.05. The maximum atomic E-state index is 12.6. The van der Waals surface area contributed by atoms with Gasteiger partial charge in [0.15, 0.2) is 6.10 Å². The molecule has 0 aromatic heterocycles. The molecule has 0 aliphatic carbocycles. The van der Waals surface area contributed by atoms with Crippen molar-refractivity contribution in [3.8, 4) is 0 Å². The Bertz CT molecular complexity index is 1020. The normalized spacial score (nSPS) is 15.1. The van der Waals surface area contributed by atoms with Gasteiger partial charge in [-0.2, -0.15) is 0 Å². The predicted octanol–water partition coefficient (Wildman–Crippen LogP) is 3.30. The Hall–Kier alpha value is -3.48. The van der Waals surface area contributed by atoms with Gasteiger partial charge in [-0.15, -0.1) is 0 Å². The molecule has 0 saturated carbocycles. The van der Waals surface area contributed by atoms with Crippen molar-refractivity contribution in [1.29, 1.82) is 0 Å². The van der Waals surface area contributed by atoms with Crippen LogP contribution in [0.4, 0.5) is 5.69 Å². The lowest BCUT2D eigenvalue weighted by molar-refractivity contribution is -0.155. The number of rotatable bonds is 7. The molecule has 2 aromatic carbocycles. The fourth-order valence-electron chi connectivity index (χ4n) is 3.47. The Morgan fingerprint density at radius 1 is 1.06 bits per heavy atom. The Balaban J connectivity index is 1.62. The van der Waals surface area contributed by atoms with Crippen LogP contribution in [0.3, 0.4) is 0 Å². The van der Waals surface area contributed by atoms with E-state index in [4.69, 9.17) is 4.74 Å². The minimum Gasteiger partial charge on any atom is -0.451 e. The van der Waals surface area contributed by atoms with Crippen molar-refractivity contribution in [2.24, 2.45) is 0 Å². The van der Waals surface area contributed by atoms with Crippen LogP contribution in [0, 0.1) is 0 Å². The van der Waals surface area contributed by atoms with Crippen LogP contribution in [0.2, 0.25) is 0 Å². The number of imide groups is 1. The lowest BCUT2D eigenvalue weighted by Crippen LogP contribution is -2.46. The smallest absolute Gasteiger partial charge is 0.326 e. The molecule has 0 unspecified atom stereocenters. The molecule has 1 N–H and O–H groups in total. The number of anilines is 1. The fourth-order valence-corrected chi connectivity index (χ4v) is 3.47. The van der Waals surface area contributed by atoms with E-state index in [0.717, 1.165) is 16.9 Å². The number of nitrogens with zero attached hydrogens (tertiary/aromatic N) is 1. The average molecular weight is 422 g/mol. The predicted molar refractivity (Wildman–Crippen MR) is 116 cm³/mol. The lowest BCUT2D eigenvalue weighted by atomic mass is 9.97. The highest BCUT2D eigenvalue weighted by molar-refractivity contribution is 6.11. The van der Waals surface area contributed by atoms with Gasteiger partial charge in [0.05, 0.1) is 6.42 Å². The molecule has 0 bridgehead atoms. The number of carbonyl (C=O) groups is 4. The molecule has 162 valence electrons. The zero-order valence-corrected chi connectivity index (χ0v) is 17.9. The van der Waals surface area contributed by atoms with Gasteiger partial charge < -0.3 is 10.1 Å². The van der Waals surface area contributed by atoms with Crippen molar-refractivity contribution in [2.45, 2.75) is 45.6 Å². The topological polar surface area (TPSA) is 92.8 Å². The van der Waals surface area contributed by atoms with Gasteiger partial charge in [-0.3, -0.25) is 24.1 Å². The number of para-hydroxylation sites is 1. The average Bonchev–Trinajstić information content (AvgIpc) is 2.76. The number of hydrogen-bond donors (Lipinski definition) is 1. The zero-order valence-electron chi connectivity index (χ0n) is 17.9. The molecule has 0 spiro atoms. The fraction of sp³-hybridized carbons (Fsp3) is 0.333. The third kappa shape index (κ3) is 4.99. The van der Waals surface area contributed by atoms with E-state index in [1.165, 1.54) is 6.92 Å². The van der Waals surface area contributed by atoms with Crippen molar-refractivity contribution in [3.63, 3.8) is 0 Å². The van der Waals surface area contributed by atoms with Gasteiger partial charge in [0.1, 0.15) is 6.54 Å². The third-order valence-corrected chi connectivity index (χ3v) is 5.46. The Labute approximate surface area is 181 Å². The second-order valence-electron chi connectivity index (χ2n) is 7.64. The third-order valence-electron chi connectivity index (χ3n) is 5.46. The molecule has 3 amide bonds. The largest absolute Gasteiger partial charge is 0.451 e. The highest BCUT2D eigenvalue weighted by Gasteiger charge is 2.33. The summed E-state index contributed by atoms with van der Waals surface area (Å²) in [7, 11) is 0. The van der Waals surface area contributed by atoms with Crippen LogP contribution in [-0.4, -0.2) is 41.2 Å². The first-order valence-electron chi connectivity index (χ1n) is 10.3. The van der Waals surface area contributed by atoms with Gasteiger partial charge in [0.2, 0.25) is 5.91 Å². The van der Waals surface area contributed by atoms with Crippen molar-refractivity contribution in [2.75, 3.05) is 11.9 Å². The summed E-state index contributed by atoms with van der Waals surface area (Å²) in [5.41, 5.74) is 2.69. The van der Waals surface area contributed by atoms with Crippen LogP contribution in [0.25, 0.3) is 0 Å². The van der Waals surface area contributed by atoms with Crippen molar-refractivity contribution in [3.05, 3.63) is 65.2 Å². The second kappa shape index (κ2) is 9.55. The highest BCUT2D eigenvalue weighted by atomic mass is 16.5. The molecular formula is C24H26N2O5. The molecule has 0 fully saturated rings. The summed E-state index contributed by atoms with van der Waals surface area (Å²) in [5.74, 6) is -2.05. The van der Waals surface area contributed by atoms with Crippen molar-refractivity contribution < 1.29 is 23.9 Å². The van der Waals surface area contributed by atoms with Crippen molar-refractivity contribution in [1.82, 2.24) is 4.90 Å². The second-order valence-corrected chi connectivity index (χ2v) is 7.64. The van der Waals surface area contributed by atoms with Gasteiger partial charge in [0.25, 0.3) is 11.8 Å². The van der Waals surface area contributed by atoms with Crippen LogP contribution in [0.15, 0.2) is 48.5 Å². The minimum absolute atomic E-state index is 0.0393. The lowest BCUT2D eigenvalue weighted by Gasteiger charge is -2.26. The van der Waals surface area contributed by atoms with E-state index in [0.29, 0.717) is 16.8 Å². The van der Waals surface area contributed by atoms with Crippen LogP contribution >= 0.6 is 0 Å². The molecule has 0 saturated heterocycles. The van der Waals surface area contributed by atoms with Crippen LogP contribution < -0.4 is 5.32 Å². The molecule has 0 radical (unpaired) electrons. The van der Waals surface area contributed by atoms with E-state index >= 15 is 0 Å². The van der Waals surface area contributed by atoms with Gasteiger partial charge in [-0.25, -0.2) is 0 Å². The molecule has 2 atom stereocenters. The van der Waals surface area contributed by atoms with E-state index in [-0.39, 0.29) is 12.3 Å². The molecule has 1 aliphatic rings. The van der Waals surface area contributed by atoms with Crippen LogP contribution in [0.1, 0.15) is 54.6 Å². The number of fused-ring (bicyclic) bond motifs is 1. The van der Waals surface area contributed by atoms with E-state index in [1.807, 2.05) is 18.2 Å². The summed E-state index contributed by atoms with van der Waals surface area (Å²) in [5, 5.41) is 2.80. The Kier molecular flexibility index (Phi) is 6.84.